The highest BCUT2D eigenvalue weighted by Crippen LogP contribution is 2.50. The van der Waals surface area contributed by atoms with Crippen LogP contribution in [0.2, 0.25) is 0 Å². The third kappa shape index (κ3) is 3.37. The predicted molar refractivity (Wildman–Crippen MR) is 83.2 cm³/mol. The second kappa shape index (κ2) is 6.73. The van der Waals surface area contributed by atoms with E-state index in [1.807, 2.05) is 6.07 Å². The average molecular weight is 289 g/mol. The second-order valence-electron chi connectivity index (χ2n) is 6.66. The lowest BCUT2D eigenvalue weighted by Crippen LogP contribution is -2.27. The van der Waals surface area contributed by atoms with Gasteiger partial charge < -0.3 is 10.1 Å². The van der Waals surface area contributed by atoms with Gasteiger partial charge in [0.15, 0.2) is 0 Å². The topological polar surface area (TPSA) is 47.0 Å². The fourth-order valence-electron chi connectivity index (χ4n) is 4.25. The first-order valence-corrected chi connectivity index (χ1v) is 8.39. The first-order chi connectivity index (χ1) is 10.3. The molecule has 2 fully saturated rings. The lowest BCUT2D eigenvalue weighted by atomic mass is 9.83. The molecule has 21 heavy (non-hydrogen) atoms. The van der Waals surface area contributed by atoms with Gasteiger partial charge in [-0.15, -0.1) is 0 Å². The van der Waals surface area contributed by atoms with Gasteiger partial charge in [0.25, 0.3) is 0 Å². The van der Waals surface area contributed by atoms with Crippen LogP contribution in [0, 0.1) is 17.8 Å². The van der Waals surface area contributed by atoms with Crippen LogP contribution in [-0.4, -0.2) is 23.6 Å². The molecule has 0 saturated heterocycles. The third-order valence-corrected chi connectivity index (χ3v) is 5.29. The molecule has 4 unspecified atom stereocenters. The number of ether oxygens (including phenoxy) is 1. The van der Waals surface area contributed by atoms with E-state index in [0.717, 1.165) is 36.4 Å². The molecule has 0 aliphatic heterocycles. The van der Waals surface area contributed by atoms with Gasteiger partial charge in [0.1, 0.15) is 6.33 Å². The van der Waals surface area contributed by atoms with Crippen LogP contribution in [0.15, 0.2) is 12.4 Å². The largest absolute Gasteiger partial charge is 0.481 e. The third-order valence-electron chi connectivity index (χ3n) is 5.29. The van der Waals surface area contributed by atoms with Crippen molar-refractivity contribution in [3.8, 4) is 5.88 Å². The maximum Gasteiger partial charge on any atom is 0.216 e. The standard InChI is InChI=1S/C17H27N3O/c1-3-6-18-15(16-10-17(21-2)20-11-19-16)9-14-8-12-4-5-13(14)7-12/h10-15,18H,3-9H2,1-2H3. The molecule has 116 valence electrons. The first-order valence-electron chi connectivity index (χ1n) is 8.39. The van der Waals surface area contributed by atoms with Crippen LogP contribution in [-0.2, 0) is 0 Å². The van der Waals surface area contributed by atoms with Gasteiger partial charge in [-0.3, -0.25) is 0 Å². The van der Waals surface area contributed by atoms with Crippen LogP contribution in [0.3, 0.4) is 0 Å². The van der Waals surface area contributed by atoms with Gasteiger partial charge in [-0.1, -0.05) is 13.3 Å². The van der Waals surface area contributed by atoms with E-state index in [9.17, 15) is 0 Å². The van der Waals surface area contributed by atoms with E-state index < -0.39 is 0 Å². The van der Waals surface area contributed by atoms with Gasteiger partial charge in [-0.25, -0.2) is 9.97 Å². The SMILES string of the molecule is CCCNC(CC1CC2CCC1C2)c1cc(OC)ncn1. The molecule has 4 heteroatoms. The van der Waals surface area contributed by atoms with Gasteiger partial charge in [0.05, 0.1) is 18.8 Å². The van der Waals surface area contributed by atoms with Gasteiger partial charge in [0, 0.05) is 6.07 Å². The summed E-state index contributed by atoms with van der Waals surface area (Å²) in [5, 5.41) is 3.68. The smallest absolute Gasteiger partial charge is 0.216 e. The highest BCUT2D eigenvalue weighted by Gasteiger charge is 2.40. The molecule has 3 rings (SSSR count). The van der Waals surface area contributed by atoms with Gasteiger partial charge in [0.2, 0.25) is 5.88 Å². The summed E-state index contributed by atoms with van der Waals surface area (Å²) in [6.45, 7) is 3.25. The Morgan fingerprint density at radius 2 is 2.24 bits per heavy atom. The van der Waals surface area contributed by atoms with Crippen molar-refractivity contribution in [3.63, 3.8) is 0 Å². The number of hydrogen-bond donors (Lipinski definition) is 1. The Balaban J connectivity index is 1.70. The van der Waals surface area contributed by atoms with Crippen LogP contribution in [0.25, 0.3) is 0 Å². The molecular formula is C17H27N3O. The summed E-state index contributed by atoms with van der Waals surface area (Å²) in [7, 11) is 1.66. The summed E-state index contributed by atoms with van der Waals surface area (Å²) in [5.74, 6) is 3.51. The molecule has 2 aliphatic carbocycles. The van der Waals surface area contributed by atoms with Crippen LogP contribution in [0.4, 0.5) is 0 Å². The maximum atomic E-state index is 5.25. The lowest BCUT2D eigenvalue weighted by Gasteiger charge is -2.27. The Kier molecular flexibility index (Phi) is 4.73. The number of aromatic nitrogens is 2. The molecular weight excluding hydrogens is 262 g/mol. The maximum absolute atomic E-state index is 5.25. The minimum absolute atomic E-state index is 0.339. The quantitative estimate of drug-likeness (QED) is 0.836. The summed E-state index contributed by atoms with van der Waals surface area (Å²) in [4.78, 5) is 8.62. The zero-order valence-corrected chi connectivity index (χ0v) is 13.2. The van der Waals surface area contributed by atoms with Crippen molar-refractivity contribution in [3.05, 3.63) is 18.1 Å². The second-order valence-corrected chi connectivity index (χ2v) is 6.66. The number of nitrogens with one attached hydrogen (secondary N) is 1. The van der Waals surface area contributed by atoms with E-state index in [-0.39, 0.29) is 0 Å². The molecule has 1 heterocycles. The number of nitrogens with zero attached hydrogens (tertiary/aromatic N) is 2. The first kappa shape index (κ1) is 14.8. The summed E-state index contributed by atoms with van der Waals surface area (Å²) in [6.07, 6.45) is 9.79. The Bertz CT molecular complexity index is 465. The summed E-state index contributed by atoms with van der Waals surface area (Å²) < 4.78 is 5.25. The van der Waals surface area contributed by atoms with Crippen molar-refractivity contribution in [1.82, 2.24) is 15.3 Å². The molecule has 0 aromatic carbocycles. The van der Waals surface area contributed by atoms with E-state index in [1.54, 1.807) is 13.4 Å². The van der Waals surface area contributed by atoms with Crippen LogP contribution >= 0.6 is 0 Å². The van der Waals surface area contributed by atoms with Crippen molar-refractivity contribution in [2.24, 2.45) is 17.8 Å². The van der Waals surface area contributed by atoms with E-state index in [0.29, 0.717) is 11.9 Å². The fourth-order valence-corrected chi connectivity index (χ4v) is 4.25. The molecule has 0 spiro atoms. The normalized spacial score (nSPS) is 28.8. The molecule has 1 aromatic heterocycles. The van der Waals surface area contributed by atoms with Crippen LogP contribution < -0.4 is 10.1 Å². The number of rotatable bonds is 7. The average Bonchev–Trinajstić information content (AvgIpc) is 3.14. The molecule has 2 aliphatic rings. The van der Waals surface area contributed by atoms with Crippen molar-refractivity contribution < 1.29 is 4.74 Å². The Labute approximate surface area is 127 Å². The predicted octanol–water partition coefficient (Wildman–Crippen LogP) is 3.35. The molecule has 0 amide bonds. The zero-order chi connectivity index (χ0) is 14.7. The molecule has 4 nitrogen and oxygen atoms in total. The van der Waals surface area contributed by atoms with Crippen molar-refractivity contribution in [2.45, 2.75) is 51.5 Å². The van der Waals surface area contributed by atoms with Crippen LogP contribution in [0.5, 0.6) is 5.88 Å². The molecule has 1 aromatic rings. The van der Waals surface area contributed by atoms with E-state index >= 15 is 0 Å². The molecule has 1 N–H and O–H groups in total. The van der Waals surface area contributed by atoms with Crippen molar-refractivity contribution in [1.29, 1.82) is 0 Å². The Hall–Kier alpha value is -1.16. The minimum Gasteiger partial charge on any atom is -0.481 e. The van der Waals surface area contributed by atoms with Gasteiger partial charge >= 0.3 is 0 Å². The van der Waals surface area contributed by atoms with Crippen molar-refractivity contribution in [2.75, 3.05) is 13.7 Å². The van der Waals surface area contributed by atoms with Gasteiger partial charge in [-0.2, -0.15) is 0 Å². The monoisotopic (exact) mass is 289 g/mol. The highest BCUT2D eigenvalue weighted by molar-refractivity contribution is 5.17. The fraction of sp³-hybridized carbons (Fsp3) is 0.765. The molecule has 4 atom stereocenters. The summed E-state index contributed by atoms with van der Waals surface area (Å²) in [5.41, 5.74) is 1.08. The van der Waals surface area contributed by atoms with Crippen molar-refractivity contribution >= 4 is 0 Å². The number of methoxy groups -OCH3 is 1. The Morgan fingerprint density at radius 1 is 1.33 bits per heavy atom. The molecule has 2 saturated carbocycles. The highest BCUT2D eigenvalue weighted by atomic mass is 16.5. The number of fused-ring (bicyclic) bond motifs is 2. The zero-order valence-electron chi connectivity index (χ0n) is 13.2. The number of hydrogen-bond acceptors (Lipinski definition) is 4. The van der Waals surface area contributed by atoms with Crippen LogP contribution in [0.1, 0.15) is 57.2 Å². The summed E-state index contributed by atoms with van der Waals surface area (Å²) >= 11 is 0. The van der Waals surface area contributed by atoms with Gasteiger partial charge in [-0.05, 0) is 56.4 Å². The molecule has 0 radical (unpaired) electrons. The summed E-state index contributed by atoms with van der Waals surface area (Å²) in [6, 6.07) is 2.33. The van der Waals surface area contributed by atoms with E-state index in [2.05, 4.69) is 22.2 Å². The minimum atomic E-state index is 0.339. The Morgan fingerprint density at radius 3 is 2.90 bits per heavy atom. The lowest BCUT2D eigenvalue weighted by molar-refractivity contribution is 0.276. The van der Waals surface area contributed by atoms with E-state index in [1.165, 1.54) is 32.1 Å². The van der Waals surface area contributed by atoms with E-state index in [4.69, 9.17) is 4.74 Å². The molecule has 2 bridgehead atoms.